The zero-order valence-electron chi connectivity index (χ0n) is 14.4. The number of aromatic nitrogens is 3. The van der Waals surface area contributed by atoms with Gasteiger partial charge in [0.05, 0.1) is 6.04 Å². The summed E-state index contributed by atoms with van der Waals surface area (Å²) in [6.45, 7) is 2.67. The molecule has 1 aliphatic rings. The van der Waals surface area contributed by atoms with Crippen LogP contribution in [-0.2, 0) is 0 Å². The number of hydrogen-bond donors (Lipinski definition) is 1. The molecule has 2 heterocycles. The fourth-order valence-electron chi connectivity index (χ4n) is 3.39. The maximum absolute atomic E-state index is 13.1. The third-order valence-corrected chi connectivity index (χ3v) is 4.70. The fourth-order valence-corrected chi connectivity index (χ4v) is 3.39. The zero-order valence-corrected chi connectivity index (χ0v) is 14.4. The normalized spacial score (nSPS) is 16.8. The summed E-state index contributed by atoms with van der Waals surface area (Å²) in [6, 6.07) is 13.6. The van der Waals surface area contributed by atoms with Crippen molar-refractivity contribution in [3.05, 3.63) is 71.3 Å². The van der Waals surface area contributed by atoms with Gasteiger partial charge in [0.1, 0.15) is 11.6 Å². The van der Waals surface area contributed by atoms with E-state index >= 15 is 0 Å². The molecule has 1 aliphatic heterocycles. The lowest BCUT2D eigenvalue weighted by Gasteiger charge is -2.23. The lowest BCUT2D eigenvalue weighted by atomic mass is 10.1. The van der Waals surface area contributed by atoms with Gasteiger partial charge >= 0.3 is 0 Å². The first-order valence-corrected chi connectivity index (χ1v) is 8.68. The average molecular weight is 350 g/mol. The van der Waals surface area contributed by atoms with Crippen LogP contribution in [0.2, 0.25) is 0 Å². The Hall–Kier alpha value is -3.02. The molecule has 1 aromatic heterocycles. The molecule has 6 heteroatoms. The molecule has 0 saturated carbocycles. The summed E-state index contributed by atoms with van der Waals surface area (Å²) in [4.78, 5) is 19.3. The number of hydrogen-bond acceptors (Lipinski definition) is 3. The van der Waals surface area contributed by atoms with E-state index in [0.717, 1.165) is 24.0 Å². The summed E-state index contributed by atoms with van der Waals surface area (Å²) < 4.78 is 13.1. The lowest BCUT2D eigenvalue weighted by molar-refractivity contribution is 0.0730. The van der Waals surface area contributed by atoms with Gasteiger partial charge in [0.2, 0.25) is 0 Å². The topological polar surface area (TPSA) is 61.9 Å². The van der Waals surface area contributed by atoms with E-state index in [4.69, 9.17) is 0 Å². The number of nitrogens with zero attached hydrogens (tertiary/aromatic N) is 3. The Morgan fingerprint density at radius 1 is 1.23 bits per heavy atom. The van der Waals surface area contributed by atoms with Crippen LogP contribution in [0, 0.1) is 12.7 Å². The van der Waals surface area contributed by atoms with Crippen LogP contribution >= 0.6 is 0 Å². The van der Waals surface area contributed by atoms with Gasteiger partial charge in [0.25, 0.3) is 5.91 Å². The van der Waals surface area contributed by atoms with Gasteiger partial charge in [0.15, 0.2) is 5.82 Å². The Morgan fingerprint density at radius 2 is 2.04 bits per heavy atom. The molecule has 1 fully saturated rings. The molecule has 0 aliphatic carbocycles. The van der Waals surface area contributed by atoms with Crippen molar-refractivity contribution in [3.63, 3.8) is 0 Å². The second-order valence-electron chi connectivity index (χ2n) is 6.58. The van der Waals surface area contributed by atoms with Crippen LogP contribution in [-0.4, -0.2) is 32.5 Å². The Balaban J connectivity index is 1.59. The predicted molar refractivity (Wildman–Crippen MR) is 96.0 cm³/mol. The molecule has 1 amide bonds. The van der Waals surface area contributed by atoms with Crippen LogP contribution in [0.25, 0.3) is 11.4 Å². The van der Waals surface area contributed by atoms with E-state index in [9.17, 15) is 9.18 Å². The molecule has 5 nitrogen and oxygen atoms in total. The van der Waals surface area contributed by atoms with Gasteiger partial charge in [-0.05, 0) is 56.2 Å². The fraction of sp³-hybridized carbons (Fsp3) is 0.250. The largest absolute Gasteiger partial charge is 0.328 e. The summed E-state index contributed by atoms with van der Waals surface area (Å²) in [7, 11) is 0. The van der Waals surface area contributed by atoms with E-state index in [1.807, 2.05) is 36.1 Å². The van der Waals surface area contributed by atoms with Crippen molar-refractivity contribution in [3.8, 4) is 11.4 Å². The number of likely N-dealkylation sites (tertiary alicyclic amines) is 1. The van der Waals surface area contributed by atoms with E-state index in [-0.39, 0.29) is 17.8 Å². The SMILES string of the molecule is Cc1cccc(C(=O)N2CCC[C@H]2c2nc(-c3ccc(F)cc3)n[nH]2)c1. The minimum absolute atomic E-state index is 0.0101. The van der Waals surface area contributed by atoms with Crippen LogP contribution < -0.4 is 0 Å². The molecule has 1 saturated heterocycles. The summed E-state index contributed by atoms with van der Waals surface area (Å²) >= 11 is 0. The highest BCUT2D eigenvalue weighted by Gasteiger charge is 2.33. The maximum Gasteiger partial charge on any atom is 0.254 e. The van der Waals surface area contributed by atoms with Crippen LogP contribution in [0.1, 0.15) is 40.6 Å². The number of amides is 1. The molecule has 1 atom stereocenters. The molecule has 0 spiro atoms. The van der Waals surface area contributed by atoms with E-state index in [1.54, 1.807) is 12.1 Å². The molecule has 4 rings (SSSR count). The van der Waals surface area contributed by atoms with E-state index in [1.165, 1.54) is 12.1 Å². The minimum atomic E-state index is -0.296. The number of H-pyrrole nitrogens is 1. The Bertz CT molecular complexity index is 935. The van der Waals surface area contributed by atoms with Crippen molar-refractivity contribution >= 4 is 5.91 Å². The molecular weight excluding hydrogens is 331 g/mol. The number of halogens is 1. The number of rotatable bonds is 3. The second kappa shape index (κ2) is 6.71. The molecule has 2 aromatic carbocycles. The smallest absolute Gasteiger partial charge is 0.254 e. The van der Waals surface area contributed by atoms with E-state index in [0.29, 0.717) is 23.8 Å². The number of carbonyl (C=O) groups excluding carboxylic acids is 1. The highest BCUT2D eigenvalue weighted by Crippen LogP contribution is 2.32. The van der Waals surface area contributed by atoms with Crippen molar-refractivity contribution < 1.29 is 9.18 Å². The van der Waals surface area contributed by atoms with Crippen LogP contribution in [0.5, 0.6) is 0 Å². The third kappa shape index (κ3) is 3.10. The quantitative estimate of drug-likeness (QED) is 0.779. The Morgan fingerprint density at radius 3 is 2.81 bits per heavy atom. The lowest BCUT2D eigenvalue weighted by Crippen LogP contribution is -2.31. The molecular formula is C20H19FN4O. The third-order valence-electron chi connectivity index (χ3n) is 4.70. The number of carbonyl (C=O) groups is 1. The Labute approximate surface area is 150 Å². The van der Waals surface area contributed by atoms with Crippen molar-refractivity contribution in [2.24, 2.45) is 0 Å². The number of nitrogens with one attached hydrogen (secondary N) is 1. The van der Waals surface area contributed by atoms with Crippen molar-refractivity contribution in [2.45, 2.75) is 25.8 Å². The maximum atomic E-state index is 13.1. The number of benzene rings is 2. The molecule has 0 bridgehead atoms. The van der Waals surface area contributed by atoms with Gasteiger partial charge < -0.3 is 4.90 Å². The molecule has 132 valence electrons. The van der Waals surface area contributed by atoms with Crippen LogP contribution in [0.4, 0.5) is 4.39 Å². The van der Waals surface area contributed by atoms with Gasteiger partial charge in [-0.1, -0.05) is 17.7 Å². The standard InChI is InChI=1S/C20H19FN4O/c1-13-4-2-5-15(12-13)20(26)25-11-3-6-17(25)19-22-18(23-24-19)14-7-9-16(21)10-8-14/h2,4-5,7-10,12,17H,3,6,11H2,1H3,(H,22,23,24)/t17-/m0/s1. The van der Waals surface area contributed by atoms with Crippen molar-refractivity contribution in [1.29, 1.82) is 0 Å². The first kappa shape index (κ1) is 16.4. The molecule has 26 heavy (non-hydrogen) atoms. The van der Waals surface area contributed by atoms with E-state index in [2.05, 4.69) is 15.2 Å². The van der Waals surface area contributed by atoms with Crippen molar-refractivity contribution in [1.82, 2.24) is 20.1 Å². The first-order chi connectivity index (χ1) is 12.6. The predicted octanol–water partition coefficient (Wildman–Crippen LogP) is 3.90. The van der Waals surface area contributed by atoms with Gasteiger partial charge in [0, 0.05) is 17.7 Å². The number of aromatic amines is 1. The van der Waals surface area contributed by atoms with Gasteiger partial charge in [-0.15, -0.1) is 0 Å². The van der Waals surface area contributed by atoms with Crippen LogP contribution in [0.15, 0.2) is 48.5 Å². The minimum Gasteiger partial charge on any atom is -0.328 e. The van der Waals surface area contributed by atoms with Gasteiger partial charge in [-0.3, -0.25) is 9.89 Å². The summed E-state index contributed by atoms with van der Waals surface area (Å²) in [6.07, 6.45) is 1.77. The van der Waals surface area contributed by atoms with E-state index < -0.39 is 0 Å². The highest BCUT2D eigenvalue weighted by molar-refractivity contribution is 5.94. The molecule has 0 unspecified atom stereocenters. The molecule has 1 N–H and O–H groups in total. The summed E-state index contributed by atoms with van der Waals surface area (Å²) in [5.41, 5.74) is 2.49. The summed E-state index contributed by atoms with van der Waals surface area (Å²) in [5.74, 6) is 0.892. The Kier molecular flexibility index (Phi) is 4.24. The van der Waals surface area contributed by atoms with Gasteiger partial charge in [-0.2, -0.15) is 5.10 Å². The monoisotopic (exact) mass is 350 g/mol. The second-order valence-corrected chi connectivity index (χ2v) is 6.58. The van der Waals surface area contributed by atoms with Crippen molar-refractivity contribution in [2.75, 3.05) is 6.54 Å². The average Bonchev–Trinajstić information content (AvgIpc) is 3.31. The summed E-state index contributed by atoms with van der Waals surface area (Å²) in [5, 5.41) is 7.20. The first-order valence-electron chi connectivity index (χ1n) is 8.68. The molecule has 0 radical (unpaired) electrons. The van der Waals surface area contributed by atoms with Crippen LogP contribution in [0.3, 0.4) is 0 Å². The zero-order chi connectivity index (χ0) is 18.1. The number of aryl methyl sites for hydroxylation is 1. The molecule has 3 aromatic rings. The highest BCUT2D eigenvalue weighted by atomic mass is 19.1. The van der Waals surface area contributed by atoms with Gasteiger partial charge in [-0.25, -0.2) is 9.37 Å².